The van der Waals surface area contributed by atoms with Crippen LogP contribution in [0.3, 0.4) is 0 Å². The quantitative estimate of drug-likeness (QED) is 0.660. The summed E-state index contributed by atoms with van der Waals surface area (Å²) in [5.41, 5.74) is 1.86. The zero-order valence-electron chi connectivity index (χ0n) is 15.5. The highest BCUT2D eigenvalue weighted by Gasteiger charge is 2.16. The van der Waals surface area contributed by atoms with Gasteiger partial charge in [0.05, 0.1) is 5.56 Å². The van der Waals surface area contributed by atoms with Gasteiger partial charge in [0.25, 0.3) is 11.8 Å². The molecule has 0 bridgehead atoms. The van der Waals surface area contributed by atoms with Gasteiger partial charge in [0.1, 0.15) is 5.75 Å². The third kappa shape index (κ3) is 5.17. The fourth-order valence-corrected chi connectivity index (χ4v) is 2.53. The number of carbonyl (C=O) groups excluding carboxylic acids is 1. The van der Waals surface area contributed by atoms with Gasteiger partial charge < -0.3 is 14.6 Å². The van der Waals surface area contributed by atoms with E-state index in [1.54, 1.807) is 6.07 Å². The topological polar surface area (TPSA) is 77.2 Å². The predicted molar refractivity (Wildman–Crippen MR) is 102 cm³/mol. The summed E-state index contributed by atoms with van der Waals surface area (Å²) >= 11 is 0. The molecule has 0 saturated heterocycles. The Kier molecular flexibility index (Phi) is 6.20. The highest BCUT2D eigenvalue weighted by atomic mass is 16.5. The molecule has 3 aromatic rings. The zero-order chi connectivity index (χ0) is 19.1. The van der Waals surface area contributed by atoms with Gasteiger partial charge in [0.15, 0.2) is 12.4 Å². The molecule has 0 aliphatic heterocycles. The summed E-state index contributed by atoms with van der Waals surface area (Å²) in [6, 6.07) is 17.3. The largest absolute Gasteiger partial charge is 0.483 e. The summed E-state index contributed by atoms with van der Waals surface area (Å²) in [5.74, 6) is 1.56. The lowest BCUT2D eigenvalue weighted by molar-refractivity contribution is -0.123. The smallest absolute Gasteiger partial charge is 0.261 e. The predicted octanol–water partition coefficient (Wildman–Crippen LogP) is 3.60. The van der Waals surface area contributed by atoms with Crippen molar-refractivity contribution < 1.29 is 14.1 Å². The van der Waals surface area contributed by atoms with Crippen LogP contribution in [0.1, 0.15) is 31.2 Å². The van der Waals surface area contributed by atoms with E-state index >= 15 is 0 Å². The second-order valence-electron chi connectivity index (χ2n) is 6.48. The van der Waals surface area contributed by atoms with Crippen molar-refractivity contribution in [2.24, 2.45) is 0 Å². The van der Waals surface area contributed by atoms with E-state index in [1.807, 2.05) is 62.4 Å². The van der Waals surface area contributed by atoms with Crippen molar-refractivity contribution in [2.45, 2.75) is 26.2 Å². The lowest BCUT2D eigenvalue weighted by Gasteiger charge is -2.09. The molecule has 0 unspecified atom stereocenters. The Hall–Kier alpha value is -3.15. The van der Waals surface area contributed by atoms with E-state index in [9.17, 15) is 4.79 Å². The average molecular weight is 365 g/mol. The number of hydrogen-bond donors (Lipinski definition) is 1. The van der Waals surface area contributed by atoms with Gasteiger partial charge >= 0.3 is 0 Å². The first kappa shape index (κ1) is 18.6. The third-order valence-corrected chi connectivity index (χ3v) is 4.01. The summed E-state index contributed by atoms with van der Waals surface area (Å²) < 4.78 is 11.0. The van der Waals surface area contributed by atoms with Crippen molar-refractivity contribution in [3.8, 4) is 17.2 Å². The second-order valence-corrected chi connectivity index (χ2v) is 6.48. The van der Waals surface area contributed by atoms with Crippen LogP contribution in [-0.4, -0.2) is 29.2 Å². The minimum Gasteiger partial charge on any atom is -0.483 e. The first-order valence-corrected chi connectivity index (χ1v) is 9.00. The van der Waals surface area contributed by atoms with E-state index in [0.29, 0.717) is 29.6 Å². The maximum Gasteiger partial charge on any atom is 0.261 e. The van der Waals surface area contributed by atoms with Crippen molar-refractivity contribution >= 4 is 5.91 Å². The Morgan fingerprint density at radius 1 is 1.11 bits per heavy atom. The third-order valence-electron chi connectivity index (χ3n) is 4.01. The number of carbonyl (C=O) groups is 1. The fraction of sp³-hybridized carbons (Fsp3) is 0.286. The molecule has 6 heteroatoms. The zero-order valence-corrected chi connectivity index (χ0v) is 15.5. The summed E-state index contributed by atoms with van der Waals surface area (Å²) in [6.45, 7) is 4.49. The van der Waals surface area contributed by atoms with E-state index < -0.39 is 0 Å². The van der Waals surface area contributed by atoms with Crippen LogP contribution in [0.15, 0.2) is 59.1 Å². The summed E-state index contributed by atoms with van der Waals surface area (Å²) in [7, 11) is 0. The van der Waals surface area contributed by atoms with Gasteiger partial charge in [0.2, 0.25) is 0 Å². The molecule has 1 aromatic heterocycles. The molecule has 3 rings (SSSR count). The molecular weight excluding hydrogens is 342 g/mol. The monoisotopic (exact) mass is 365 g/mol. The number of ether oxygens (including phenoxy) is 1. The van der Waals surface area contributed by atoms with Gasteiger partial charge in [-0.3, -0.25) is 4.79 Å². The molecule has 1 N–H and O–H groups in total. The van der Waals surface area contributed by atoms with E-state index in [0.717, 1.165) is 6.42 Å². The van der Waals surface area contributed by atoms with Crippen LogP contribution >= 0.6 is 0 Å². The first-order chi connectivity index (χ1) is 13.1. The van der Waals surface area contributed by atoms with Crippen LogP contribution in [0, 0.1) is 0 Å². The number of nitrogens with zero attached hydrogens (tertiary/aromatic N) is 2. The van der Waals surface area contributed by atoms with Gasteiger partial charge in [-0.1, -0.05) is 61.5 Å². The lowest BCUT2D eigenvalue weighted by atomic mass is 10.1. The molecule has 0 aliphatic carbocycles. The fourth-order valence-electron chi connectivity index (χ4n) is 2.53. The molecular formula is C21H23N3O3. The molecule has 0 aliphatic rings. The van der Waals surface area contributed by atoms with Gasteiger partial charge in [-0.05, 0) is 24.1 Å². The molecule has 0 radical (unpaired) electrons. The van der Waals surface area contributed by atoms with Crippen LogP contribution in [0.5, 0.6) is 5.75 Å². The van der Waals surface area contributed by atoms with E-state index in [1.165, 1.54) is 5.56 Å². The molecule has 1 heterocycles. The highest BCUT2D eigenvalue weighted by Crippen LogP contribution is 2.29. The van der Waals surface area contributed by atoms with Gasteiger partial charge in [-0.2, -0.15) is 4.98 Å². The van der Waals surface area contributed by atoms with E-state index in [2.05, 4.69) is 15.5 Å². The van der Waals surface area contributed by atoms with Crippen LogP contribution < -0.4 is 10.1 Å². The van der Waals surface area contributed by atoms with Crippen LogP contribution in [0.2, 0.25) is 0 Å². The second kappa shape index (κ2) is 8.98. The number of aromatic nitrogens is 2. The molecule has 140 valence electrons. The van der Waals surface area contributed by atoms with Gasteiger partial charge in [-0.25, -0.2) is 0 Å². The SMILES string of the molecule is CC(C)c1noc(-c2ccccc2OCC(=O)NCCc2ccccc2)n1. The molecule has 0 spiro atoms. The Balaban J connectivity index is 1.55. The van der Waals surface area contributed by atoms with Crippen LogP contribution in [0.4, 0.5) is 0 Å². The Bertz CT molecular complexity index is 875. The van der Waals surface area contributed by atoms with Crippen molar-refractivity contribution in [3.05, 3.63) is 66.0 Å². The van der Waals surface area contributed by atoms with E-state index in [-0.39, 0.29) is 18.4 Å². The maximum atomic E-state index is 12.1. The van der Waals surface area contributed by atoms with Crippen LogP contribution in [0.25, 0.3) is 11.5 Å². The summed E-state index contributed by atoms with van der Waals surface area (Å²) in [4.78, 5) is 16.5. The molecule has 27 heavy (non-hydrogen) atoms. The molecule has 6 nitrogen and oxygen atoms in total. The number of para-hydroxylation sites is 1. The Morgan fingerprint density at radius 3 is 2.59 bits per heavy atom. The number of rotatable bonds is 8. The molecule has 0 atom stereocenters. The number of benzene rings is 2. The van der Waals surface area contributed by atoms with Crippen molar-refractivity contribution in [3.63, 3.8) is 0 Å². The maximum absolute atomic E-state index is 12.1. The van der Waals surface area contributed by atoms with Crippen molar-refractivity contribution in [1.82, 2.24) is 15.5 Å². The summed E-state index contributed by atoms with van der Waals surface area (Å²) in [6.07, 6.45) is 0.781. The van der Waals surface area contributed by atoms with Crippen molar-refractivity contribution in [1.29, 1.82) is 0 Å². The lowest BCUT2D eigenvalue weighted by Crippen LogP contribution is -2.30. The summed E-state index contributed by atoms with van der Waals surface area (Å²) in [5, 5.41) is 6.84. The highest BCUT2D eigenvalue weighted by molar-refractivity contribution is 5.77. The van der Waals surface area contributed by atoms with Gasteiger partial charge in [0, 0.05) is 12.5 Å². The first-order valence-electron chi connectivity index (χ1n) is 9.00. The molecule has 1 amide bonds. The number of hydrogen-bond acceptors (Lipinski definition) is 5. The number of amides is 1. The standard InChI is InChI=1S/C21H23N3O3/c1-15(2)20-23-21(27-24-20)17-10-6-7-11-18(17)26-14-19(25)22-13-12-16-8-4-3-5-9-16/h3-11,15H,12-14H2,1-2H3,(H,22,25). The number of nitrogens with one attached hydrogen (secondary N) is 1. The van der Waals surface area contributed by atoms with Crippen LogP contribution in [-0.2, 0) is 11.2 Å². The normalized spacial score (nSPS) is 10.8. The van der Waals surface area contributed by atoms with E-state index in [4.69, 9.17) is 9.26 Å². The molecule has 2 aromatic carbocycles. The molecule has 0 saturated carbocycles. The van der Waals surface area contributed by atoms with Crippen molar-refractivity contribution in [2.75, 3.05) is 13.2 Å². The van der Waals surface area contributed by atoms with Gasteiger partial charge in [-0.15, -0.1) is 0 Å². The Morgan fingerprint density at radius 2 is 1.85 bits per heavy atom. The minimum atomic E-state index is -0.172. The Labute approximate surface area is 158 Å². The minimum absolute atomic E-state index is 0.0724. The average Bonchev–Trinajstić information content (AvgIpc) is 3.18. The molecule has 0 fully saturated rings.